The summed E-state index contributed by atoms with van der Waals surface area (Å²) in [6.07, 6.45) is -1.47. The predicted octanol–water partition coefficient (Wildman–Crippen LogP) is 5.90. The standard InChI is InChI=1S/C34H32F2N2O6/c35-25-11-15-27(16-12-25)41-29(23-7-3-1-4-8-23)21-31(37)43-33(39)19-20-34(40)44-32(38)22-30(24-9-5-2-6-10-24)42-28-17-13-26(36)14-18-28/h1-20,29-32H,21-22,37-38H2/b20-19-. The van der Waals surface area contributed by atoms with E-state index in [1.807, 2.05) is 60.7 Å². The van der Waals surface area contributed by atoms with E-state index in [1.165, 1.54) is 48.5 Å². The van der Waals surface area contributed by atoms with E-state index in [0.29, 0.717) is 11.5 Å². The second-order valence-electron chi connectivity index (χ2n) is 9.70. The summed E-state index contributed by atoms with van der Waals surface area (Å²) in [6.45, 7) is 0. The van der Waals surface area contributed by atoms with Crippen molar-refractivity contribution < 1.29 is 37.3 Å². The predicted molar refractivity (Wildman–Crippen MR) is 159 cm³/mol. The van der Waals surface area contributed by atoms with Gasteiger partial charge in [-0.25, -0.2) is 18.4 Å². The third-order valence-corrected chi connectivity index (χ3v) is 6.31. The first-order valence-electron chi connectivity index (χ1n) is 13.8. The fraction of sp³-hybridized carbons (Fsp3) is 0.176. The van der Waals surface area contributed by atoms with E-state index in [9.17, 15) is 18.4 Å². The van der Waals surface area contributed by atoms with Gasteiger partial charge in [-0.2, -0.15) is 0 Å². The molecule has 0 fully saturated rings. The highest BCUT2D eigenvalue weighted by molar-refractivity contribution is 5.91. The molecule has 0 aliphatic rings. The van der Waals surface area contributed by atoms with Crippen LogP contribution in [0.5, 0.6) is 11.5 Å². The Morgan fingerprint density at radius 1 is 0.568 bits per heavy atom. The molecule has 228 valence electrons. The highest BCUT2D eigenvalue weighted by Gasteiger charge is 2.22. The first kappa shape index (κ1) is 31.9. The van der Waals surface area contributed by atoms with Gasteiger partial charge in [-0.3, -0.25) is 11.5 Å². The van der Waals surface area contributed by atoms with Crippen LogP contribution >= 0.6 is 0 Å². The number of nitrogens with two attached hydrogens (primary N) is 2. The SMILES string of the molecule is NC(CC(Oc1ccc(F)cc1)c1ccccc1)OC(=O)/C=C\C(=O)OC(N)CC(Oc1ccc(F)cc1)c1ccccc1. The Labute approximate surface area is 253 Å². The van der Waals surface area contributed by atoms with Crippen molar-refractivity contribution in [2.75, 3.05) is 0 Å². The Balaban J connectivity index is 1.30. The molecule has 0 aliphatic heterocycles. The number of hydrogen-bond donors (Lipinski definition) is 2. The molecule has 4 N–H and O–H groups in total. The van der Waals surface area contributed by atoms with Crippen LogP contribution in [0.3, 0.4) is 0 Å². The van der Waals surface area contributed by atoms with E-state index in [-0.39, 0.29) is 12.8 Å². The Bertz CT molecular complexity index is 1390. The quantitative estimate of drug-likeness (QED) is 0.104. The van der Waals surface area contributed by atoms with Gasteiger partial charge in [0.05, 0.1) is 0 Å². The second kappa shape index (κ2) is 16.0. The molecule has 0 saturated heterocycles. The van der Waals surface area contributed by atoms with Crippen LogP contribution in [0.4, 0.5) is 8.78 Å². The first-order chi connectivity index (χ1) is 21.2. The molecule has 0 spiro atoms. The molecule has 8 nitrogen and oxygen atoms in total. The maximum Gasteiger partial charge on any atom is 0.332 e. The lowest BCUT2D eigenvalue weighted by atomic mass is 10.1. The lowest BCUT2D eigenvalue weighted by molar-refractivity contribution is -0.146. The van der Waals surface area contributed by atoms with Gasteiger partial charge in [-0.05, 0) is 59.7 Å². The minimum atomic E-state index is -1.09. The van der Waals surface area contributed by atoms with Crippen LogP contribution in [-0.4, -0.2) is 24.4 Å². The molecule has 0 bridgehead atoms. The molecule has 10 heteroatoms. The Morgan fingerprint density at radius 3 is 1.25 bits per heavy atom. The lowest BCUT2D eigenvalue weighted by Crippen LogP contribution is -2.31. The van der Waals surface area contributed by atoms with Gasteiger partial charge >= 0.3 is 11.9 Å². The normalized spacial score (nSPS) is 13.8. The van der Waals surface area contributed by atoms with Gasteiger partial charge in [0.15, 0.2) is 12.5 Å². The van der Waals surface area contributed by atoms with Gasteiger partial charge in [-0.15, -0.1) is 0 Å². The topological polar surface area (TPSA) is 123 Å². The van der Waals surface area contributed by atoms with Crippen LogP contribution in [-0.2, 0) is 19.1 Å². The maximum absolute atomic E-state index is 13.3. The van der Waals surface area contributed by atoms with Crippen molar-refractivity contribution in [1.82, 2.24) is 0 Å². The number of esters is 2. The van der Waals surface area contributed by atoms with Gasteiger partial charge in [0.25, 0.3) is 0 Å². The Morgan fingerprint density at radius 2 is 0.909 bits per heavy atom. The van der Waals surface area contributed by atoms with Crippen molar-refractivity contribution in [3.63, 3.8) is 0 Å². The van der Waals surface area contributed by atoms with Crippen LogP contribution < -0.4 is 20.9 Å². The van der Waals surface area contributed by atoms with Crippen molar-refractivity contribution in [1.29, 1.82) is 0 Å². The summed E-state index contributed by atoms with van der Waals surface area (Å²) in [5, 5.41) is 0. The van der Waals surface area contributed by atoms with Crippen LogP contribution in [0.25, 0.3) is 0 Å². The smallest absolute Gasteiger partial charge is 0.332 e. The number of rotatable bonds is 14. The largest absolute Gasteiger partial charge is 0.486 e. The zero-order valence-electron chi connectivity index (χ0n) is 23.6. The minimum absolute atomic E-state index is 0.0746. The van der Waals surface area contributed by atoms with E-state index >= 15 is 0 Å². The van der Waals surface area contributed by atoms with E-state index in [1.54, 1.807) is 0 Å². The van der Waals surface area contributed by atoms with Gasteiger partial charge in [-0.1, -0.05) is 60.7 Å². The van der Waals surface area contributed by atoms with Crippen molar-refractivity contribution in [3.05, 3.63) is 144 Å². The van der Waals surface area contributed by atoms with E-state index in [2.05, 4.69) is 0 Å². The van der Waals surface area contributed by atoms with Gasteiger partial charge < -0.3 is 18.9 Å². The van der Waals surface area contributed by atoms with Crippen LogP contribution in [0.15, 0.2) is 121 Å². The molecule has 4 aromatic rings. The summed E-state index contributed by atoms with van der Waals surface area (Å²) in [7, 11) is 0. The average molecular weight is 603 g/mol. The van der Waals surface area contributed by atoms with Crippen LogP contribution in [0.2, 0.25) is 0 Å². The van der Waals surface area contributed by atoms with Crippen LogP contribution in [0, 0.1) is 11.6 Å². The highest BCUT2D eigenvalue weighted by Crippen LogP contribution is 2.27. The number of hydrogen-bond acceptors (Lipinski definition) is 8. The van der Waals surface area contributed by atoms with Crippen molar-refractivity contribution in [2.45, 2.75) is 37.5 Å². The third-order valence-electron chi connectivity index (χ3n) is 6.31. The summed E-state index contributed by atoms with van der Waals surface area (Å²) in [4.78, 5) is 24.8. The number of halogens is 2. The van der Waals surface area contributed by atoms with E-state index in [4.69, 9.17) is 30.4 Å². The fourth-order valence-corrected chi connectivity index (χ4v) is 4.23. The molecular formula is C34H32F2N2O6. The molecule has 0 heterocycles. The zero-order valence-corrected chi connectivity index (χ0v) is 23.6. The molecule has 0 saturated carbocycles. The Hall–Kier alpha value is -5.06. The van der Waals surface area contributed by atoms with Gasteiger partial charge in [0.2, 0.25) is 0 Å². The van der Waals surface area contributed by atoms with Crippen LogP contribution in [0.1, 0.15) is 36.2 Å². The van der Waals surface area contributed by atoms with Crippen molar-refractivity contribution >= 4 is 11.9 Å². The molecule has 0 aromatic heterocycles. The summed E-state index contributed by atoms with van der Waals surface area (Å²) in [5.41, 5.74) is 13.7. The van der Waals surface area contributed by atoms with Gasteiger partial charge in [0, 0.05) is 25.0 Å². The minimum Gasteiger partial charge on any atom is -0.486 e. The van der Waals surface area contributed by atoms with Crippen molar-refractivity contribution in [2.24, 2.45) is 11.5 Å². The van der Waals surface area contributed by atoms with E-state index < -0.39 is 48.2 Å². The number of carbonyl (C=O) groups is 2. The molecule has 4 rings (SSSR count). The molecule has 0 aliphatic carbocycles. The van der Waals surface area contributed by atoms with E-state index in [0.717, 1.165) is 23.3 Å². The molecular weight excluding hydrogens is 570 g/mol. The summed E-state index contributed by atoms with van der Waals surface area (Å²) >= 11 is 0. The zero-order chi connectivity index (χ0) is 31.3. The first-order valence-corrected chi connectivity index (χ1v) is 13.8. The molecule has 4 unspecified atom stereocenters. The molecule has 0 radical (unpaired) electrons. The molecule has 44 heavy (non-hydrogen) atoms. The molecule has 4 atom stereocenters. The maximum atomic E-state index is 13.3. The lowest BCUT2D eigenvalue weighted by Gasteiger charge is -2.23. The van der Waals surface area contributed by atoms with Gasteiger partial charge in [0.1, 0.15) is 35.3 Å². The Kier molecular flexibility index (Phi) is 11.6. The number of carbonyl (C=O) groups excluding carboxylic acids is 2. The average Bonchev–Trinajstić information content (AvgIpc) is 3.02. The fourth-order valence-electron chi connectivity index (χ4n) is 4.23. The second-order valence-corrected chi connectivity index (χ2v) is 9.70. The highest BCUT2D eigenvalue weighted by atomic mass is 19.1. The summed E-state index contributed by atoms with van der Waals surface area (Å²) < 4.78 is 49.1. The number of ether oxygens (including phenoxy) is 4. The van der Waals surface area contributed by atoms with Crippen molar-refractivity contribution in [3.8, 4) is 11.5 Å². The number of benzene rings is 4. The molecule has 4 aromatic carbocycles. The monoisotopic (exact) mass is 602 g/mol. The summed E-state index contributed by atoms with van der Waals surface area (Å²) in [5.74, 6) is -1.73. The third kappa shape index (κ3) is 10.3. The molecule has 0 amide bonds. The summed E-state index contributed by atoms with van der Waals surface area (Å²) in [6, 6.07) is 29.3.